The van der Waals surface area contributed by atoms with Crippen molar-refractivity contribution in [3.8, 4) is 0 Å². The van der Waals surface area contributed by atoms with Gasteiger partial charge < -0.3 is 14.4 Å². The maximum absolute atomic E-state index is 9.46. The van der Waals surface area contributed by atoms with Crippen LogP contribution in [0.25, 0.3) is 10.9 Å². The minimum absolute atomic E-state index is 0.0306. The average molecular weight is 285 g/mol. The number of benzene rings is 1. The minimum atomic E-state index is -0.422. The number of nitrogens with zero attached hydrogens (tertiary/aromatic N) is 1. The molecule has 0 saturated carbocycles. The molecule has 2 aromatic rings. The van der Waals surface area contributed by atoms with E-state index in [9.17, 15) is 5.11 Å². The molecule has 110 valence electrons. The summed E-state index contributed by atoms with van der Waals surface area (Å²) in [5.41, 5.74) is 1.82. The van der Waals surface area contributed by atoms with Crippen molar-refractivity contribution < 1.29 is 14.4 Å². The highest BCUT2D eigenvalue weighted by atomic mass is 16.7. The molecule has 0 spiro atoms. The first-order valence-corrected chi connectivity index (χ1v) is 7.19. The molecule has 1 aliphatic rings. The van der Waals surface area contributed by atoms with Crippen LogP contribution in [0.15, 0.2) is 30.5 Å². The molecular weight excluding hydrogens is 265 g/mol. The predicted octanol–water partition coefficient (Wildman–Crippen LogP) is 2.03. The van der Waals surface area contributed by atoms with Crippen LogP contribution < -0.4 is 5.46 Å². The molecule has 0 radical (unpaired) electrons. The van der Waals surface area contributed by atoms with Crippen molar-refractivity contribution in [1.82, 2.24) is 4.98 Å². The molecule has 5 heteroatoms. The van der Waals surface area contributed by atoms with Gasteiger partial charge in [0.05, 0.1) is 23.3 Å². The zero-order valence-corrected chi connectivity index (χ0v) is 12.9. The summed E-state index contributed by atoms with van der Waals surface area (Å²) in [6.07, 6.45) is 1.73. The molecule has 1 aliphatic heterocycles. The van der Waals surface area contributed by atoms with Gasteiger partial charge in [-0.05, 0) is 39.2 Å². The first kappa shape index (κ1) is 14.5. The van der Waals surface area contributed by atoms with Gasteiger partial charge in [0.1, 0.15) is 0 Å². The predicted molar refractivity (Wildman–Crippen MR) is 83.4 cm³/mol. The topological polar surface area (TPSA) is 51.6 Å². The van der Waals surface area contributed by atoms with Gasteiger partial charge in [0.15, 0.2) is 0 Å². The van der Waals surface area contributed by atoms with Gasteiger partial charge in [0.2, 0.25) is 0 Å². The lowest BCUT2D eigenvalue weighted by Gasteiger charge is -2.32. The van der Waals surface area contributed by atoms with Crippen LogP contribution in [-0.4, -0.2) is 28.4 Å². The quantitative estimate of drug-likeness (QED) is 0.858. The number of hydrogen-bond acceptors (Lipinski definition) is 4. The normalized spacial score (nSPS) is 20.1. The summed E-state index contributed by atoms with van der Waals surface area (Å²) in [4.78, 5) is 4.39. The molecular formula is C16H20BNO3. The number of aliphatic hydroxyl groups is 1. The molecule has 21 heavy (non-hydrogen) atoms. The highest BCUT2D eigenvalue weighted by Crippen LogP contribution is 2.37. The van der Waals surface area contributed by atoms with E-state index in [1.807, 2.05) is 52.0 Å². The zero-order valence-electron chi connectivity index (χ0n) is 12.9. The van der Waals surface area contributed by atoms with Gasteiger partial charge >= 0.3 is 7.12 Å². The summed E-state index contributed by atoms with van der Waals surface area (Å²) in [7, 11) is -0.422. The lowest BCUT2D eigenvalue weighted by atomic mass is 9.76. The first-order valence-electron chi connectivity index (χ1n) is 7.19. The summed E-state index contributed by atoms with van der Waals surface area (Å²) in [5, 5.41) is 10.4. The van der Waals surface area contributed by atoms with Gasteiger partial charge in [-0.25, -0.2) is 0 Å². The lowest BCUT2D eigenvalue weighted by molar-refractivity contribution is 0.00578. The molecule has 3 rings (SSSR count). The summed E-state index contributed by atoms with van der Waals surface area (Å²) < 4.78 is 12.2. The Labute approximate surface area is 125 Å². The summed E-state index contributed by atoms with van der Waals surface area (Å²) in [5.74, 6) is 0. The van der Waals surface area contributed by atoms with E-state index in [4.69, 9.17) is 9.31 Å². The van der Waals surface area contributed by atoms with Gasteiger partial charge in [0.25, 0.3) is 0 Å². The second kappa shape index (κ2) is 4.80. The van der Waals surface area contributed by atoms with Crippen LogP contribution in [0.4, 0.5) is 0 Å². The van der Waals surface area contributed by atoms with Gasteiger partial charge in [-0.2, -0.15) is 0 Å². The van der Waals surface area contributed by atoms with Crippen LogP contribution in [0.1, 0.15) is 33.3 Å². The molecule has 1 N–H and O–H groups in total. The number of aliphatic hydroxyl groups excluding tert-OH is 1. The number of pyridine rings is 1. The van der Waals surface area contributed by atoms with Crippen molar-refractivity contribution in [3.05, 3.63) is 36.0 Å². The molecule has 0 bridgehead atoms. The molecule has 2 heterocycles. The van der Waals surface area contributed by atoms with E-state index in [1.54, 1.807) is 6.20 Å². The van der Waals surface area contributed by atoms with E-state index in [0.717, 1.165) is 21.9 Å². The van der Waals surface area contributed by atoms with Crippen molar-refractivity contribution in [1.29, 1.82) is 0 Å². The fourth-order valence-corrected chi connectivity index (χ4v) is 2.56. The maximum atomic E-state index is 9.46. The van der Waals surface area contributed by atoms with E-state index in [0.29, 0.717) is 0 Å². The second-order valence-electron chi connectivity index (χ2n) is 6.46. The Hall–Kier alpha value is -1.43. The first-order chi connectivity index (χ1) is 9.86. The molecule has 1 aromatic heterocycles. The highest BCUT2D eigenvalue weighted by molar-refractivity contribution is 6.65. The molecule has 1 aromatic carbocycles. The standard InChI is InChI=1S/C16H20BNO3/c1-15(2)16(3,4)21-17(20-15)13-8-7-11(10-19)14-12(13)6-5-9-18-14/h5-9,19H,10H2,1-4H3. The highest BCUT2D eigenvalue weighted by Gasteiger charge is 2.52. The van der Waals surface area contributed by atoms with E-state index in [1.165, 1.54) is 0 Å². The summed E-state index contributed by atoms with van der Waals surface area (Å²) in [6.45, 7) is 8.12. The number of rotatable bonds is 2. The SMILES string of the molecule is CC1(C)OB(c2ccc(CO)c3ncccc23)OC1(C)C. The van der Waals surface area contributed by atoms with Crippen LogP contribution in [0.5, 0.6) is 0 Å². The van der Waals surface area contributed by atoms with Crippen molar-refractivity contribution in [2.75, 3.05) is 0 Å². The van der Waals surface area contributed by atoms with Crippen molar-refractivity contribution in [2.24, 2.45) is 0 Å². The summed E-state index contributed by atoms with van der Waals surface area (Å²) in [6, 6.07) is 7.72. The molecule has 4 nitrogen and oxygen atoms in total. The molecule has 0 aliphatic carbocycles. The zero-order chi connectivity index (χ0) is 15.3. The summed E-state index contributed by atoms with van der Waals surface area (Å²) >= 11 is 0. The Bertz CT molecular complexity index is 668. The van der Waals surface area contributed by atoms with Crippen LogP contribution in [-0.2, 0) is 15.9 Å². The average Bonchev–Trinajstić information content (AvgIpc) is 2.66. The maximum Gasteiger partial charge on any atom is 0.495 e. The van der Waals surface area contributed by atoms with E-state index >= 15 is 0 Å². The smallest absolute Gasteiger partial charge is 0.399 e. The third-order valence-electron chi connectivity index (χ3n) is 4.56. The third kappa shape index (κ3) is 2.25. The largest absolute Gasteiger partial charge is 0.495 e. The Kier molecular flexibility index (Phi) is 3.32. The van der Waals surface area contributed by atoms with Gasteiger partial charge in [-0.3, -0.25) is 4.98 Å². The number of fused-ring (bicyclic) bond motifs is 1. The molecule has 1 saturated heterocycles. The molecule has 0 unspecified atom stereocenters. The van der Waals surface area contributed by atoms with Gasteiger partial charge in [0, 0.05) is 17.1 Å². The van der Waals surface area contributed by atoms with E-state index < -0.39 is 7.12 Å². The van der Waals surface area contributed by atoms with Crippen LogP contribution in [0.2, 0.25) is 0 Å². The molecule has 0 atom stereocenters. The minimum Gasteiger partial charge on any atom is -0.399 e. The fourth-order valence-electron chi connectivity index (χ4n) is 2.56. The van der Waals surface area contributed by atoms with Crippen molar-refractivity contribution >= 4 is 23.5 Å². The van der Waals surface area contributed by atoms with Gasteiger partial charge in [-0.15, -0.1) is 0 Å². The van der Waals surface area contributed by atoms with E-state index in [-0.39, 0.29) is 17.8 Å². The van der Waals surface area contributed by atoms with Gasteiger partial charge in [-0.1, -0.05) is 18.2 Å². The lowest BCUT2D eigenvalue weighted by Crippen LogP contribution is -2.41. The third-order valence-corrected chi connectivity index (χ3v) is 4.56. The van der Waals surface area contributed by atoms with Crippen LogP contribution in [0, 0.1) is 0 Å². The Morgan fingerprint density at radius 2 is 1.76 bits per heavy atom. The van der Waals surface area contributed by atoms with Crippen molar-refractivity contribution in [2.45, 2.75) is 45.5 Å². The molecule has 0 amide bonds. The Balaban J connectivity index is 2.11. The van der Waals surface area contributed by atoms with E-state index in [2.05, 4.69) is 4.98 Å². The van der Waals surface area contributed by atoms with Crippen LogP contribution >= 0.6 is 0 Å². The monoisotopic (exact) mass is 285 g/mol. The fraction of sp³-hybridized carbons (Fsp3) is 0.438. The second-order valence-corrected chi connectivity index (χ2v) is 6.46. The Morgan fingerprint density at radius 1 is 1.10 bits per heavy atom. The Morgan fingerprint density at radius 3 is 2.38 bits per heavy atom. The molecule has 1 fully saturated rings. The number of aromatic nitrogens is 1. The van der Waals surface area contributed by atoms with Crippen LogP contribution in [0.3, 0.4) is 0 Å². The van der Waals surface area contributed by atoms with Crippen molar-refractivity contribution in [3.63, 3.8) is 0 Å². The number of hydrogen-bond donors (Lipinski definition) is 1.